The molecule has 0 aliphatic heterocycles. The van der Waals surface area contributed by atoms with Crippen LogP contribution >= 0.6 is 11.6 Å². The minimum Gasteiger partial charge on any atom is -0.496 e. The molecular formula is C15H14ClNO2. The van der Waals surface area contributed by atoms with Gasteiger partial charge in [-0.3, -0.25) is 4.79 Å². The standard InChI is InChI=1S/C15H14ClNO2/c1-9-11(4-3-5-13(9)17)15(18)12-8-10(16)6-7-14(12)19-2/h3-8H,17H2,1-2H3. The number of halogens is 1. The minimum atomic E-state index is -0.149. The van der Waals surface area contributed by atoms with E-state index in [0.29, 0.717) is 27.6 Å². The van der Waals surface area contributed by atoms with Gasteiger partial charge in [0.15, 0.2) is 5.78 Å². The molecule has 0 fully saturated rings. The predicted molar refractivity (Wildman–Crippen MR) is 77.0 cm³/mol. The van der Waals surface area contributed by atoms with Crippen molar-refractivity contribution in [3.05, 3.63) is 58.1 Å². The van der Waals surface area contributed by atoms with Crippen LogP contribution in [-0.2, 0) is 0 Å². The van der Waals surface area contributed by atoms with Gasteiger partial charge in [-0.25, -0.2) is 0 Å². The van der Waals surface area contributed by atoms with Gasteiger partial charge < -0.3 is 10.5 Å². The molecule has 2 aromatic carbocycles. The Morgan fingerprint density at radius 1 is 1.21 bits per heavy atom. The molecule has 0 aliphatic carbocycles. The van der Waals surface area contributed by atoms with Crippen molar-refractivity contribution in [3.63, 3.8) is 0 Å². The number of rotatable bonds is 3. The number of ketones is 1. The quantitative estimate of drug-likeness (QED) is 0.689. The van der Waals surface area contributed by atoms with Crippen molar-refractivity contribution in [2.45, 2.75) is 6.92 Å². The topological polar surface area (TPSA) is 52.3 Å². The Hall–Kier alpha value is -2.00. The van der Waals surface area contributed by atoms with E-state index in [1.165, 1.54) is 7.11 Å². The summed E-state index contributed by atoms with van der Waals surface area (Å²) in [6.07, 6.45) is 0. The average molecular weight is 276 g/mol. The average Bonchev–Trinajstić information content (AvgIpc) is 2.41. The van der Waals surface area contributed by atoms with Crippen molar-refractivity contribution < 1.29 is 9.53 Å². The number of methoxy groups -OCH3 is 1. The zero-order valence-corrected chi connectivity index (χ0v) is 11.5. The van der Waals surface area contributed by atoms with Gasteiger partial charge in [-0.1, -0.05) is 23.7 Å². The molecule has 0 bridgehead atoms. The smallest absolute Gasteiger partial charge is 0.197 e. The molecule has 2 N–H and O–H groups in total. The van der Waals surface area contributed by atoms with E-state index < -0.39 is 0 Å². The Morgan fingerprint density at radius 2 is 1.95 bits per heavy atom. The van der Waals surface area contributed by atoms with Crippen molar-refractivity contribution in [1.82, 2.24) is 0 Å². The molecule has 0 atom stereocenters. The number of hydrogen-bond donors (Lipinski definition) is 1. The highest BCUT2D eigenvalue weighted by Gasteiger charge is 2.17. The Balaban J connectivity index is 2.56. The van der Waals surface area contributed by atoms with Crippen molar-refractivity contribution in [2.75, 3.05) is 12.8 Å². The van der Waals surface area contributed by atoms with Crippen molar-refractivity contribution in [1.29, 1.82) is 0 Å². The van der Waals surface area contributed by atoms with E-state index in [1.807, 2.05) is 6.92 Å². The lowest BCUT2D eigenvalue weighted by Crippen LogP contribution is -2.07. The lowest BCUT2D eigenvalue weighted by Gasteiger charge is -2.11. The van der Waals surface area contributed by atoms with Crippen LogP contribution < -0.4 is 10.5 Å². The zero-order chi connectivity index (χ0) is 14.0. The summed E-state index contributed by atoms with van der Waals surface area (Å²) in [6.45, 7) is 1.82. The predicted octanol–water partition coefficient (Wildman–Crippen LogP) is 3.47. The maximum absolute atomic E-state index is 12.6. The summed E-state index contributed by atoms with van der Waals surface area (Å²) >= 11 is 5.94. The van der Waals surface area contributed by atoms with Crippen molar-refractivity contribution in [2.24, 2.45) is 0 Å². The van der Waals surface area contributed by atoms with Crippen LogP contribution in [0.15, 0.2) is 36.4 Å². The fraction of sp³-hybridized carbons (Fsp3) is 0.133. The minimum absolute atomic E-state index is 0.149. The molecule has 2 aromatic rings. The van der Waals surface area contributed by atoms with Gasteiger partial charge in [-0.15, -0.1) is 0 Å². The van der Waals surface area contributed by atoms with Crippen LogP contribution in [0.5, 0.6) is 5.75 Å². The Morgan fingerprint density at radius 3 is 2.63 bits per heavy atom. The maximum atomic E-state index is 12.6. The van der Waals surface area contributed by atoms with Crippen LogP contribution in [0, 0.1) is 6.92 Å². The second kappa shape index (κ2) is 5.33. The SMILES string of the molecule is COc1ccc(Cl)cc1C(=O)c1cccc(N)c1C. The van der Waals surface area contributed by atoms with Gasteiger partial charge in [0.05, 0.1) is 12.7 Å². The van der Waals surface area contributed by atoms with E-state index in [1.54, 1.807) is 36.4 Å². The second-order valence-corrected chi connectivity index (χ2v) is 4.63. The first-order valence-electron chi connectivity index (χ1n) is 5.78. The summed E-state index contributed by atoms with van der Waals surface area (Å²) in [5.74, 6) is 0.348. The molecular weight excluding hydrogens is 262 g/mol. The molecule has 98 valence electrons. The summed E-state index contributed by atoms with van der Waals surface area (Å²) in [7, 11) is 1.52. The highest BCUT2D eigenvalue weighted by molar-refractivity contribution is 6.31. The molecule has 0 amide bonds. The van der Waals surface area contributed by atoms with Gasteiger partial charge in [0.25, 0.3) is 0 Å². The number of carbonyl (C=O) groups is 1. The molecule has 19 heavy (non-hydrogen) atoms. The van der Waals surface area contributed by atoms with Crippen molar-refractivity contribution in [3.8, 4) is 5.75 Å². The second-order valence-electron chi connectivity index (χ2n) is 4.19. The molecule has 3 nitrogen and oxygen atoms in total. The molecule has 0 heterocycles. The van der Waals surface area contributed by atoms with Crippen LogP contribution in [0.1, 0.15) is 21.5 Å². The zero-order valence-electron chi connectivity index (χ0n) is 10.7. The lowest BCUT2D eigenvalue weighted by atomic mass is 9.97. The normalized spacial score (nSPS) is 10.3. The van der Waals surface area contributed by atoms with Gasteiger partial charge in [0.1, 0.15) is 5.75 Å². The third-order valence-corrected chi connectivity index (χ3v) is 3.26. The van der Waals surface area contributed by atoms with E-state index >= 15 is 0 Å². The first-order chi connectivity index (χ1) is 9.04. The number of anilines is 1. The van der Waals surface area contributed by atoms with E-state index in [0.717, 1.165) is 5.56 Å². The molecule has 0 spiro atoms. The Labute approximate surface area is 117 Å². The van der Waals surface area contributed by atoms with Crippen LogP contribution in [-0.4, -0.2) is 12.9 Å². The third kappa shape index (κ3) is 2.56. The molecule has 4 heteroatoms. The molecule has 0 aliphatic rings. The molecule has 0 aromatic heterocycles. The summed E-state index contributed by atoms with van der Waals surface area (Å²) in [5, 5.41) is 0.491. The third-order valence-electron chi connectivity index (χ3n) is 3.03. The molecule has 0 unspecified atom stereocenters. The van der Waals surface area contributed by atoms with E-state index in [-0.39, 0.29) is 5.78 Å². The van der Waals surface area contributed by atoms with E-state index in [9.17, 15) is 4.79 Å². The maximum Gasteiger partial charge on any atom is 0.197 e. The first-order valence-corrected chi connectivity index (χ1v) is 6.15. The number of hydrogen-bond acceptors (Lipinski definition) is 3. The lowest BCUT2D eigenvalue weighted by molar-refractivity contribution is 0.103. The fourth-order valence-corrected chi connectivity index (χ4v) is 2.07. The highest BCUT2D eigenvalue weighted by Crippen LogP contribution is 2.27. The van der Waals surface area contributed by atoms with Gasteiger partial charge in [-0.05, 0) is 36.8 Å². The van der Waals surface area contributed by atoms with Crippen LogP contribution in [0.3, 0.4) is 0 Å². The summed E-state index contributed by atoms with van der Waals surface area (Å²) < 4.78 is 5.20. The Kier molecular flexibility index (Phi) is 3.76. The van der Waals surface area contributed by atoms with Crippen LogP contribution in [0.25, 0.3) is 0 Å². The number of ether oxygens (including phenoxy) is 1. The first kappa shape index (κ1) is 13.4. The molecule has 0 saturated carbocycles. The van der Waals surface area contributed by atoms with Gasteiger partial charge >= 0.3 is 0 Å². The van der Waals surface area contributed by atoms with E-state index in [4.69, 9.17) is 22.1 Å². The molecule has 0 saturated heterocycles. The highest BCUT2D eigenvalue weighted by atomic mass is 35.5. The number of carbonyl (C=O) groups excluding carboxylic acids is 1. The summed E-state index contributed by atoms with van der Waals surface area (Å²) in [5.41, 5.74) is 8.17. The summed E-state index contributed by atoms with van der Waals surface area (Å²) in [6, 6.07) is 10.2. The van der Waals surface area contributed by atoms with Gasteiger partial charge in [0, 0.05) is 16.3 Å². The van der Waals surface area contributed by atoms with Crippen molar-refractivity contribution >= 4 is 23.1 Å². The number of nitrogens with two attached hydrogens (primary N) is 1. The molecule has 0 radical (unpaired) electrons. The van der Waals surface area contributed by atoms with Crippen LogP contribution in [0.4, 0.5) is 5.69 Å². The number of nitrogen functional groups attached to an aromatic ring is 1. The largest absolute Gasteiger partial charge is 0.496 e. The summed E-state index contributed by atoms with van der Waals surface area (Å²) in [4.78, 5) is 12.6. The molecule has 2 rings (SSSR count). The Bertz CT molecular complexity index is 638. The fourth-order valence-electron chi connectivity index (χ4n) is 1.90. The van der Waals surface area contributed by atoms with E-state index in [2.05, 4.69) is 0 Å². The number of benzene rings is 2. The van der Waals surface area contributed by atoms with Gasteiger partial charge in [0.2, 0.25) is 0 Å². The van der Waals surface area contributed by atoms with Gasteiger partial charge in [-0.2, -0.15) is 0 Å². The van der Waals surface area contributed by atoms with Crippen LogP contribution in [0.2, 0.25) is 5.02 Å². The monoisotopic (exact) mass is 275 g/mol.